The Kier molecular flexibility index (Phi) is 7.25. The summed E-state index contributed by atoms with van der Waals surface area (Å²) in [6.45, 7) is 6.17. The zero-order valence-electron chi connectivity index (χ0n) is 11.8. The molecule has 0 amide bonds. The Labute approximate surface area is 114 Å². The summed E-state index contributed by atoms with van der Waals surface area (Å²) >= 11 is 0. The number of rotatable bonds is 9. The van der Waals surface area contributed by atoms with Crippen LogP contribution in [0.5, 0.6) is 11.5 Å². The minimum atomic E-state index is -0.261. The van der Waals surface area contributed by atoms with Crippen molar-refractivity contribution in [2.75, 3.05) is 26.9 Å². The lowest BCUT2D eigenvalue weighted by Crippen LogP contribution is -2.31. The summed E-state index contributed by atoms with van der Waals surface area (Å²) in [5.41, 5.74) is 0.783. The van der Waals surface area contributed by atoms with E-state index in [9.17, 15) is 5.11 Å². The van der Waals surface area contributed by atoms with E-state index in [-0.39, 0.29) is 12.0 Å². The second-order valence-corrected chi connectivity index (χ2v) is 3.97. The van der Waals surface area contributed by atoms with Crippen molar-refractivity contribution in [2.24, 2.45) is 0 Å². The van der Waals surface area contributed by atoms with E-state index in [0.29, 0.717) is 26.3 Å². The summed E-state index contributed by atoms with van der Waals surface area (Å²) in [4.78, 5) is 0. The third-order valence-corrected chi connectivity index (χ3v) is 2.62. The van der Waals surface area contributed by atoms with Crippen LogP contribution in [-0.4, -0.2) is 38.3 Å². The van der Waals surface area contributed by atoms with E-state index in [1.54, 1.807) is 25.3 Å². The van der Waals surface area contributed by atoms with Crippen molar-refractivity contribution in [1.29, 1.82) is 0 Å². The molecule has 19 heavy (non-hydrogen) atoms. The Bertz CT molecular complexity index is 364. The van der Waals surface area contributed by atoms with Crippen LogP contribution in [0.15, 0.2) is 18.2 Å². The predicted octanol–water partition coefficient (Wildman–Crippen LogP) is 1.89. The van der Waals surface area contributed by atoms with Gasteiger partial charge in [0.25, 0.3) is 0 Å². The first-order valence-corrected chi connectivity index (χ1v) is 6.51. The summed E-state index contributed by atoms with van der Waals surface area (Å²) in [5, 5.41) is 12.9. The molecule has 0 saturated carbocycles. The van der Waals surface area contributed by atoms with E-state index >= 15 is 0 Å². The Balaban J connectivity index is 2.47. The molecule has 0 spiro atoms. The second-order valence-electron chi connectivity index (χ2n) is 3.97. The molecule has 1 aromatic carbocycles. The molecular formula is C14H23NO4. The summed E-state index contributed by atoms with van der Waals surface area (Å²) in [6.07, 6.45) is -0.261. The monoisotopic (exact) mass is 269 g/mol. The summed E-state index contributed by atoms with van der Waals surface area (Å²) in [7, 11) is 1.60. The van der Waals surface area contributed by atoms with Crippen molar-refractivity contribution in [1.82, 2.24) is 5.32 Å². The zero-order chi connectivity index (χ0) is 14.1. The highest BCUT2D eigenvalue weighted by molar-refractivity contribution is 5.39. The van der Waals surface area contributed by atoms with E-state index in [1.165, 1.54) is 0 Å². The van der Waals surface area contributed by atoms with Crippen molar-refractivity contribution >= 4 is 0 Å². The SMILES string of the molecule is CCOC(CNCc1cc(OC)ccc1O)OCC. The van der Waals surface area contributed by atoms with Gasteiger partial charge in [0.2, 0.25) is 0 Å². The molecule has 0 aromatic heterocycles. The van der Waals surface area contributed by atoms with Crippen molar-refractivity contribution < 1.29 is 19.3 Å². The standard InChI is InChI=1S/C14H23NO4/c1-4-18-14(19-5-2)10-15-9-11-8-12(17-3)6-7-13(11)16/h6-8,14-16H,4-5,9-10H2,1-3H3. The lowest BCUT2D eigenvalue weighted by Gasteiger charge is -2.17. The number of nitrogens with one attached hydrogen (secondary N) is 1. The maximum Gasteiger partial charge on any atom is 0.169 e. The first-order chi connectivity index (χ1) is 9.21. The van der Waals surface area contributed by atoms with Crippen LogP contribution in [0, 0.1) is 0 Å². The largest absolute Gasteiger partial charge is 0.508 e. The number of methoxy groups -OCH3 is 1. The van der Waals surface area contributed by atoms with Crippen LogP contribution in [0.3, 0.4) is 0 Å². The molecule has 0 aliphatic heterocycles. The Morgan fingerprint density at radius 1 is 1.21 bits per heavy atom. The van der Waals surface area contributed by atoms with Crippen molar-refractivity contribution in [2.45, 2.75) is 26.7 Å². The van der Waals surface area contributed by atoms with Gasteiger partial charge in [-0.15, -0.1) is 0 Å². The highest BCUT2D eigenvalue weighted by atomic mass is 16.7. The van der Waals surface area contributed by atoms with Crippen LogP contribution >= 0.6 is 0 Å². The maximum atomic E-state index is 9.74. The van der Waals surface area contributed by atoms with Gasteiger partial charge >= 0.3 is 0 Å². The fourth-order valence-corrected chi connectivity index (χ4v) is 1.69. The van der Waals surface area contributed by atoms with Gasteiger partial charge in [0.05, 0.1) is 7.11 Å². The summed E-state index contributed by atoms with van der Waals surface area (Å²) < 4.78 is 16.0. The van der Waals surface area contributed by atoms with Crippen LogP contribution in [0.25, 0.3) is 0 Å². The molecule has 0 unspecified atom stereocenters. The number of hydrogen-bond acceptors (Lipinski definition) is 5. The van der Waals surface area contributed by atoms with E-state index in [2.05, 4.69) is 5.32 Å². The van der Waals surface area contributed by atoms with Crippen LogP contribution in [0.2, 0.25) is 0 Å². The molecule has 0 aliphatic rings. The van der Waals surface area contributed by atoms with Crippen LogP contribution in [0.4, 0.5) is 0 Å². The van der Waals surface area contributed by atoms with Crippen LogP contribution in [0.1, 0.15) is 19.4 Å². The molecule has 0 aliphatic carbocycles. The number of benzene rings is 1. The van der Waals surface area contributed by atoms with E-state index in [0.717, 1.165) is 11.3 Å². The second kappa shape index (κ2) is 8.74. The van der Waals surface area contributed by atoms with E-state index in [4.69, 9.17) is 14.2 Å². The molecule has 0 bridgehead atoms. The maximum absolute atomic E-state index is 9.74. The fraction of sp³-hybridized carbons (Fsp3) is 0.571. The molecule has 0 radical (unpaired) electrons. The molecule has 0 saturated heterocycles. The Morgan fingerprint density at radius 2 is 1.89 bits per heavy atom. The minimum Gasteiger partial charge on any atom is -0.508 e. The van der Waals surface area contributed by atoms with Gasteiger partial charge in [0.1, 0.15) is 11.5 Å². The Hall–Kier alpha value is -1.30. The fourth-order valence-electron chi connectivity index (χ4n) is 1.69. The zero-order valence-corrected chi connectivity index (χ0v) is 11.8. The first kappa shape index (κ1) is 15.8. The molecule has 108 valence electrons. The number of aromatic hydroxyl groups is 1. The van der Waals surface area contributed by atoms with E-state index < -0.39 is 0 Å². The van der Waals surface area contributed by atoms with Crippen molar-refractivity contribution in [3.05, 3.63) is 23.8 Å². The lowest BCUT2D eigenvalue weighted by molar-refractivity contribution is -0.133. The molecule has 1 rings (SSSR count). The number of ether oxygens (including phenoxy) is 3. The molecule has 5 heteroatoms. The van der Waals surface area contributed by atoms with Gasteiger partial charge in [-0.3, -0.25) is 0 Å². The van der Waals surface area contributed by atoms with Gasteiger partial charge in [-0.1, -0.05) is 0 Å². The van der Waals surface area contributed by atoms with Gasteiger partial charge in [-0.2, -0.15) is 0 Å². The molecule has 2 N–H and O–H groups in total. The number of phenols is 1. The molecule has 5 nitrogen and oxygen atoms in total. The third-order valence-electron chi connectivity index (χ3n) is 2.62. The van der Waals surface area contributed by atoms with Crippen LogP contribution < -0.4 is 10.1 Å². The molecule has 0 fully saturated rings. The van der Waals surface area contributed by atoms with Gasteiger partial charge < -0.3 is 24.6 Å². The predicted molar refractivity (Wildman–Crippen MR) is 73.4 cm³/mol. The number of hydrogen-bond donors (Lipinski definition) is 2. The smallest absolute Gasteiger partial charge is 0.169 e. The molecule has 0 atom stereocenters. The lowest BCUT2D eigenvalue weighted by atomic mass is 10.2. The highest BCUT2D eigenvalue weighted by Crippen LogP contribution is 2.22. The van der Waals surface area contributed by atoms with Gasteiger partial charge in [-0.05, 0) is 32.0 Å². The first-order valence-electron chi connectivity index (χ1n) is 6.51. The summed E-state index contributed by atoms with van der Waals surface area (Å²) in [5.74, 6) is 0.971. The van der Waals surface area contributed by atoms with Crippen molar-refractivity contribution in [3.8, 4) is 11.5 Å². The van der Waals surface area contributed by atoms with E-state index in [1.807, 2.05) is 13.8 Å². The van der Waals surface area contributed by atoms with Gasteiger partial charge in [-0.25, -0.2) is 0 Å². The Morgan fingerprint density at radius 3 is 2.47 bits per heavy atom. The normalized spacial score (nSPS) is 10.9. The number of phenolic OH excluding ortho intramolecular Hbond substituents is 1. The average Bonchev–Trinajstić information content (AvgIpc) is 2.41. The molecule has 0 heterocycles. The third kappa shape index (κ3) is 5.46. The minimum absolute atomic E-state index is 0.248. The topological polar surface area (TPSA) is 60.0 Å². The van der Waals surface area contributed by atoms with Gasteiger partial charge in [0.15, 0.2) is 6.29 Å². The average molecular weight is 269 g/mol. The van der Waals surface area contributed by atoms with Crippen LogP contribution in [-0.2, 0) is 16.0 Å². The molecule has 1 aromatic rings. The van der Waals surface area contributed by atoms with Gasteiger partial charge in [0, 0.05) is 31.9 Å². The quantitative estimate of drug-likeness (QED) is 0.670. The summed E-state index contributed by atoms with van der Waals surface area (Å²) in [6, 6.07) is 5.15. The highest BCUT2D eigenvalue weighted by Gasteiger charge is 2.08. The van der Waals surface area contributed by atoms with Crippen molar-refractivity contribution in [3.63, 3.8) is 0 Å². The molecular weight excluding hydrogens is 246 g/mol.